The molecule has 0 aliphatic heterocycles. The van der Waals surface area contributed by atoms with E-state index in [1.807, 2.05) is 12.1 Å². The number of rotatable bonds is 8. The molecule has 90 valence electrons. The summed E-state index contributed by atoms with van der Waals surface area (Å²) in [6.07, 6.45) is 4.72. The molecule has 0 radical (unpaired) electrons. The van der Waals surface area contributed by atoms with Gasteiger partial charge in [-0.3, -0.25) is 0 Å². The Morgan fingerprint density at radius 2 is 1.69 bits per heavy atom. The first-order valence-electron chi connectivity index (χ1n) is 5.84. The van der Waals surface area contributed by atoms with Crippen molar-refractivity contribution in [3.63, 3.8) is 0 Å². The van der Waals surface area contributed by atoms with Crippen LogP contribution in [0.2, 0.25) is 0 Å². The van der Waals surface area contributed by atoms with E-state index in [0.29, 0.717) is 0 Å². The smallest absolute Gasteiger partial charge is 0.123 e. The number of hydrogen-bond acceptors (Lipinski definition) is 1. The monoisotopic (exact) mass is 243 g/mol. The SMILES string of the molecule is Fc1ccc(CNCCCCCCCl)cc1. The van der Waals surface area contributed by atoms with Crippen molar-refractivity contribution in [2.75, 3.05) is 12.4 Å². The summed E-state index contributed by atoms with van der Waals surface area (Å²) in [6.45, 7) is 1.83. The van der Waals surface area contributed by atoms with Crippen molar-refractivity contribution in [1.82, 2.24) is 5.32 Å². The van der Waals surface area contributed by atoms with E-state index < -0.39 is 0 Å². The topological polar surface area (TPSA) is 12.0 Å². The lowest BCUT2D eigenvalue weighted by Gasteiger charge is -2.04. The third-order valence-electron chi connectivity index (χ3n) is 2.48. The minimum absolute atomic E-state index is 0.176. The Bertz CT molecular complexity index is 274. The Morgan fingerprint density at radius 3 is 2.38 bits per heavy atom. The summed E-state index contributed by atoms with van der Waals surface area (Å²) >= 11 is 5.59. The highest BCUT2D eigenvalue weighted by molar-refractivity contribution is 6.17. The molecule has 3 heteroatoms. The van der Waals surface area contributed by atoms with E-state index in [0.717, 1.165) is 31.0 Å². The van der Waals surface area contributed by atoms with E-state index >= 15 is 0 Å². The van der Waals surface area contributed by atoms with Crippen LogP contribution in [0.4, 0.5) is 4.39 Å². The van der Waals surface area contributed by atoms with Crippen LogP contribution < -0.4 is 5.32 Å². The van der Waals surface area contributed by atoms with Gasteiger partial charge in [-0.25, -0.2) is 4.39 Å². The van der Waals surface area contributed by atoms with Crippen LogP contribution in [0.15, 0.2) is 24.3 Å². The van der Waals surface area contributed by atoms with E-state index in [1.165, 1.54) is 31.4 Å². The summed E-state index contributed by atoms with van der Waals surface area (Å²) in [5.74, 6) is 0.591. The van der Waals surface area contributed by atoms with Crippen molar-refractivity contribution in [2.24, 2.45) is 0 Å². The maximum atomic E-state index is 12.6. The van der Waals surface area contributed by atoms with Crippen molar-refractivity contribution in [3.05, 3.63) is 35.6 Å². The molecule has 1 rings (SSSR count). The van der Waals surface area contributed by atoms with E-state index in [-0.39, 0.29) is 5.82 Å². The molecule has 0 spiro atoms. The first-order chi connectivity index (χ1) is 7.83. The van der Waals surface area contributed by atoms with Gasteiger partial charge in [0.2, 0.25) is 0 Å². The molecule has 1 aromatic carbocycles. The lowest BCUT2D eigenvalue weighted by atomic mass is 10.2. The van der Waals surface area contributed by atoms with Gasteiger partial charge in [0.05, 0.1) is 0 Å². The molecule has 0 aliphatic carbocycles. The van der Waals surface area contributed by atoms with Gasteiger partial charge in [-0.1, -0.05) is 25.0 Å². The molecule has 1 aromatic rings. The molecule has 0 amide bonds. The fourth-order valence-electron chi connectivity index (χ4n) is 1.53. The molecular formula is C13H19ClFN. The average Bonchev–Trinajstić information content (AvgIpc) is 2.30. The number of halogens is 2. The summed E-state index contributed by atoms with van der Waals surface area (Å²) in [5, 5.41) is 3.34. The van der Waals surface area contributed by atoms with Crippen LogP contribution in [0.25, 0.3) is 0 Å². The first-order valence-corrected chi connectivity index (χ1v) is 6.37. The fourth-order valence-corrected chi connectivity index (χ4v) is 1.72. The van der Waals surface area contributed by atoms with Gasteiger partial charge >= 0.3 is 0 Å². The molecule has 0 aromatic heterocycles. The quantitative estimate of drug-likeness (QED) is 0.542. The van der Waals surface area contributed by atoms with Gasteiger partial charge in [-0.2, -0.15) is 0 Å². The van der Waals surface area contributed by atoms with Crippen LogP contribution >= 0.6 is 11.6 Å². The van der Waals surface area contributed by atoms with Gasteiger partial charge < -0.3 is 5.32 Å². The predicted molar refractivity (Wildman–Crippen MR) is 67.3 cm³/mol. The summed E-state index contributed by atoms with van der Waals surface area (Å²) < 4.78 is 12.6. The molecule has 0 bridgehead atoms. The molecule has 0 saturated carbocycles. The highest BCUT2D eigenvalue weighted by atomic mass is 35.5. The summed E-state index contributed by atoms with van der Waals surface area (Å²) in [7, 11) is 0. The number of nitrogens with one attached hydrogen (secondary N) is 1. The van der Waals surface area contributed by atoms with Gasteiger partial charge in [0.25, 0.3) is 0 Å². The molecule has 0 fully saturated rings. The van der Waals surface area contributed by atoms with Crippen molar-refractivity contribution in [1.29, 1.82) is 0 Å². The molecule has 1 nitrogen and oxygen atoms in total. The van der Waals surface area contributed by atoms with Crippen LogP contribution in [0.1, 0.15) is 31.2 Å². The third-order valence-corrected chi connectivity index (χ3v) is 2.75. The van der Waals surface area contributed by atoms with Gasteiger partial charge in [-0.05, 0) is 37.1 Å². The van der Waals surface area contributed by atoms with Crippen molar-refractivity contribution < 1.29 is 4.39 Å². The second kappa shape index (κ2) is 8.54. The zero-order valence-electron chi connectivity index (χ0n) is 9.52. The van der Waals surface area contributed by atoms with Crippen LogP contribution in [0.5, 0.6) is 0 Å². The van der Waals surface area contributed by atoms with Crippen molar-refractivity contribution >= 4 is 11.6 Å². The first kappa shape index (κ1) is 13.5. The lowest BCUT2D eigenvalue weighted by molar-refractivity contribution is 0.597. The van der Waals surface area contributed by atoms with E-state index in [2.05, 4.69) is 5.32 Å². The zero-order valence-corrected chi connectivity index (χ0v) is 10.3. The van der Waals surface area contributed by atoms with Gasteiger partial charge in [0.15, 0.2) is 0 Å². The second-order valence-electron chi connectivity index (χ2n) is 3.91. The Kier molecular flexibility index (Phi) is 7.19. The van der Waals surface area contributed by atoms with E-state index in [4.69, 9.17) is 11.6 Å². The third kappa shape index (κ3) is 6.09. The standard InChI is InChI=1S/C13H19ClFN/c14-9-3-1-2-4-10-16-11-12-5-7-13(15)8-6-12/h5-8,16H,1-4,9-11H2. The number of hydrogen-bond donors (Lipinski definition) is 1. The molecule has 0 unspecified atom stereocenters. The highest BCUT2D eigenvalue weighted by Crippen LogP contribution is 2.03. The number of benzene rings is 1. The largest absolute Gasteiger partial charge is 0.313 e. The minimum atomic E-state index is -0.176. The molecule has 1 N–H and O–H groups in total. The van der Waals surface area contributed by atoms with Gasteiger partial charge in [0, 0.05) is 12.4 Å². The zero-order chi connectivity index (χ0) is 11.6. The van der Waals surface area contributed by atoms with Gasteiger partial charge in [-0.15, -0.1) is 11.6 Å². The van der Waals surface area contributed by atoms with E-state index in [1.54, 1.807) is 0 Å². The Balaban J connectivity index is 2.01. The molecule has 0 saturated heterocycles. The number of alkyl halides is 1. The Hall–Kier alpha value is -0.600. The maximum Gasteiger partial charge on any atom is 0.123 e. The highest BCUT2D eigenvalue weighted by Gasteiger charge is 1.93. The summed E-state index contributed by atoms with van der Waals surface area (Å²) in [5.41, 5.74) is 1.13. The second-order valence-corrected chi connectivity index (χ2v) is 4.28. The minimum Gasteiger partial charge on any atom is -0.313 e. The number of unbranched alkanes of at least 4 members (excludes halogenated alkanes) is 3. The summed E-state index contributed by atoms with van der Waals surface area (Å²) in [4.78, 5) is 0. The van der Waals surface area contributed by atoms with Crippen molar-refractivity contribution in [3.8, 4) is 0 Å². The summed E-state index contributed by atoms with van der Waals surface area (Å²) in [6, 6.07) is 6.63. The molecule has 0 heterocycles. The van der Waals surface area contributed by atoms with Crippen LogP contribution in [0.3, 0.4) is 0 Å². The lowest BCUT2D eigenvalue weighted by Crippen LogP contribution is -2.14. The maximum absolute atomic E-state index is 12.6. The molecular weight excluding hydrogens is 225 g/mol. The Morgan fingerprint density at radius 1 is 1.00 bits per heavy atom. The van der Waals surface area contributed by atoms with Crippen molar-refractivity contribution in [2.45, 2.75) is 32.2 Å². The van der Waals surface area contributed by atoms with Gasteiger partial charge in [0.1, 0.15) is 5.82 Å². The fraction of sp³-hybridized carbons (Fsp3) is 0.538. The van der Waals surface area contributed by atoms with Crippen LogP contribution in [-0.2, 0) is 6.54 Å². The van der Waals surface area contributed by atoms with Crippen LogP contribution in [0, 0.1) is 5.82 Å². The average molecular weight is 244 g/mol. The molecule has 0 atom stereocenters. The van der Waals surface area contributed by atoms with Crippen LogP contribution in [-0.4, -0.2) is 12.4 Å². The molecule has 16 heavy (non-hydrogen) atoms. The predicted octanol–water partition coefficient (Wildman–Crippen LogP) is 3.71. The molecule has 0 aliphatic rings. The normalized spacial score (nSPS) is 10.6. The Labute approximate surface area is 102 Å². The van der Waals surface area contributed by atoms with E-state index in [9.17, 15) is 4.39 Å².